The SMILES string of the molecule is CC(O)(c1cncc(F)c1)C1CCOC2(CCCC2)C1. The van der Waals surface area contributed by atoms with E-state index in [2.05, 4.69) is 4.98 Å². The first-order chi connectivity index (χ1) is 9.52. The van der Waals surface area contributed by atoms with Gasteiger partial charge in [-0.05, 0) is 44.6 Å². The molecular weight excluding hydrogens is 257 g/mol. The van der Waals surface area contributed by atoms with E-state index < -0.39 is 11.4 Å². The van der Waals surface area contributed by atoms with Crippen molar-refractivity contribution in [1.29, 1.82) is 0 Å². The van der Waals surface area contributed by atoms with Crippen molar-refractivity contribution in [3.8, 4) is 0 Å². The van der Waals surface area contributed by atoms with E-state index in [-0.39, 0.29) is 11.5 Å². The molecule has 4 heteroatoms. The average molecular weight is 279 g/mol. The molecule has 20 heavy (non-hydrogen) atoms. The quantitative estimate of drug-likeness (QED) is 0.904. The van der Waals surface area contributed by atoms with E-state index in [4.69, 9.17) is 4.74 Å². The van der Waals surface area contributed by atoms with Crippen molar-refractivity contribution in [1.82, 2.24) is 4.98 Å². The van der Waals surface area contributed by atoms with E-state index in [0.717, 1.165) is 25.7 Å². The van der Waals surface area contributed by atoms with E-state index in [1.165, 1.54) is 25.1 Å². The second kappa shape index (κ2) is 5.08. The molecule has 1 saturated carbocycles. The molecule has 2 atom stereocenters. The van der Waals surface area contributed by atoms with Gasteiger partial charge in [0.25, 0.3) is 0 Å². The van der Waals surface area contributed by atoms with Gasteiger partial charge in [0.2, 0.25) is 0 Å². The van der Waals surface area contributed by atoms with Crippen molar-refractivity contribution < 1.29 is 14.2 Å². The largest absolute Gasteiger partial charge is 0.385 e. The number of pyridine rings is 1. The molecule has 1 spiro atoms. The Morgan fingerprint density at radius 2 is 2.15 bits per heavy atom. The van der Waals surface area contributed by atoms with Gasteiger partial charge in [0, 0.05) is 18.4 Å². The normalized spacial score (nSPS) is 28.4. The number of aliphatic hydroxyl groups is 1. The third-order valence-electron chi connectivity index (χ3n) is 5.09. The third-order valence-corrected chi connectivity index (χ3v) is 5.09. The standard InChI is InChI=1S/C16H22FNO2/c1-15(19,13-8-14(17)11-18-10-13)12-4-7-20-16(9-12)5-2-3-6-16/h8,10-12,19H,2-7,9H2,1H3. The highest BCUT2D eigenvalue weighted by Crippen LogP contribution is 2.47. The van der Waals surface area contributed by atoms with Crippen LogP contribution >= 0.6 is 0 Å². The smallest absolute Gasteiger partial charge is 0.141 e. The summed E-state index contributed by atoms with van der Waals surface area (Å²) >= 11 is 0. The minimum Gasteiger partial charge on any atom is -0.385 e. The van der Waals surface area contributed by atoms with Crippen LogP contribution in [0.4, 0.5) is 4.39 Å². The molecule has 2 fully saturated rings. The molecule has 1 aromatic rings. The van der Waals surface area contributed by atoms with Crippen molar-refractivity contribution in [3.63, 3.8) is 0 Å². The first kappa shape index (κ1) is 14.0. The zero-order valence-electron chi connectivity index (χ0n) is 11.9. The Bertz CT molecular complexity index is 483. The Morgan fingerprint density at radius 3 is 2.85 bits per heavy atom. The van der Waals surface area contributed by atoms with Crippen molar-refractivity contribution >= 4 is 0 Å². The second-order valence-corrected chi connectivity index (χ2v) is 6.47. The van der Waals surface area contributed by atoms with Crippen LogP contribution in [-0.2, 0) is 10.3 Å². The van der Waals surface area contributed by atoms with Crippen LogP contribution in [0.15, 0.2) is 18.5 Å². The summed E-state index contributed by atoms with van der Waals surface area (Å²) in [5.74, 6) is -0.302. The predicted molar refractivity (Wildman–Crippen MR) is 73.6 cm³/mol. The molecule has 2 heterocycles. The second-order valence-electron chi connectivity index (χ2n) is 6.47. The van der Waals surface area contributed by atoms with Gasteiger partial charge in [-0.3, -0.25) is 4.98 Å². The lowest BCUT2D eigenvalue weighted by Gasteiger charge is -2.44. The van der Waals surface area contributed by atoms with Gasteiger partial charge >= 0.3 is 0 Å². The van der Waals surface area contributed by atoms with Crippen molar-refractivity contribution in [2.24, 2.45) is 5.92 Å². The highest BCUT2D eigenvalue weighted by Gasteiger charge is 2.46. The van der Waals surface area contributed by atoms with Gasteiger partial charge in [-0.15, -0.1) is 0 Å². The molecule has 1 N–H and O–H groups in total. The van der Waals surface area contributed by atoms with E-state index in [1.54, 1.807) is 13.1 Å². The third kappa shape index (κ3) is 2.47. The van der Waals surface area contributed by atoms with Crippen LogP contribution in [0, 0.1) is 11.7 Å². The molecule has 1 saturated heterocycles. The van der Waals surface area contributed by atoms with Crippen molar-refractivity contribution in [2.45, 2.75) is 56.7 Å². The molecule has 1 aliphatic heterocycles. The Labute approximate surface area is 119 Å². The first-order valence-corrected chi connectivity index (χ1v) is 7.49. The van der Waals surface area contributed by atoms with Crippen LogP contribution in [0.1, 0.15) is 51.0 Å². The van der Waals surface area contributed by atoms with E-state index >= 15 is 0 Å². The highest BCUT2D eigenvalue weighted by molar-refractivity contribution is 5.20. The predicted octanol–water partition coefficient (Wildman–Crippen LogP) is 3.17. The summed E-state index contributed by atoms with van der Waals surface area (Å²) < 4.78 is 19.4. The van der Waals surface area contributed by atoms with Crippen LogP contribution in [0.25, 0.3) is 0 Å². The van der Waals surface area contributed by atoms with Gasteiger partial charge < -0.3 is 9.84 Å². The molecule has 1 aromatic heterocycles. The van der Waals surface area contributed by atoms with Crippen molar-refractivity contribution in [2.75, 3.05) is 6.61 Å². The maximum atomic E-state index is 13.4. The Balaban J connectivity index is 1.83. The molecule has 0 amide bonds. The summed E-state index contributed by atoms with van der Waals surface area (Å²) in [5, 5.41) is 10.9. The van der Waals surface area contributed by atoms with Crippen LogP contribution < -0.4 is 0 Å². The molecular formula is C16H22FNO2. The van der Waals surface area contributed by atoms with E-state index in [0.29, 0.717) is 12.2 Å². The number of hydrogen-bond donors (Lipinski definition) is 1. The van der Waals surface area contributed by atoms with Gasteiger partial charge in [-0.1, -0.05) is 12.8 Å². The topological polar surface area (TPSA) is 42.4 Å². The minimum absolute atomic E-state index is 0.0480. The van der Waals surface area contributed by atoms with Crippen molar-refractivity contribution in [3.05, 3.63) is 29.8 Å². The summed E-state index contributed by atoms with van der Waals surface area (Å²) in [5.41, 5.74) is -0.528. The molecule has 0 aromatic carbocycles. The van der Waals surface area contributed by atoms with Gasteiger partial charge in [0.1, 0.15) is 5.82 Å². The summed E-state index contributed by atoms with van der Waals surface area (Å²) in [6, 6.07) is 1.39. The van der Waals surface area contributed by atoms with Crippen LogP contribution in [0.5, 0.6) is 0 Å². The number of ether oxygens (including phenoxy) is 1. The fourth-order valence-corrected chi connectivity index (χ4v) is 3.80. The fraction of sp³-hybridized carbons (Fsp3) is 0.688. The Kier molecular flexibility index (Phi) is 3.55. The van der Waals surface area contributed by atoms with Gasteiger partial charge in [0.15, 0.2) is 0 Å². The zero-order chi connectivity index (χ0) is 14.2. The average Bonchev–Trinajstić information content (AvgIpc) is 2.87. The lowest BCUT2D eigenvalue weighted by molar-refractivity contribution is -0.138. The summed E-state index contributed by atoms with van der Waals surface area (Å²) in [6.07, 6.45) is 8.98. The highest BCUT2D eigenvalue weighted by atomic mass is 19.1. The summed E-state index contributed by atoms with van der Waals surface area (Å²) in [7, 11) is 0. The van der Waals surface area contributed by atoms with E-state index in [9.17, 15) is 9.50 Å². The Morgan fingerprint density at radius 1 is 1.40 bits per heavy atom. The fourth-order valence-electron chi connectivity index (χ4n) is 3.80. The van der Waals surface area contributed by atoms with Crippen LogP contribution in [0.2, 0.25) is 0 Å². The van der Waals surface area contributed by atoms with Gasteiger partial charge in [-0.2, -0.15) is 0 Å². The lowest BCUT2D eigenvalue weighted by Crippen LogP contribution is -2.44. The first-order valence-electron chi connectivity index (χ1n) is 7.49. The summed E-state index contributed by atoms with van der Waals surface area (Å²) in [4.78, 5) is 3.87. The molecule has 2 unspecified atom stereocenters. The van der Waals surface area contributed by atoms with Gasteiger partial charge in [-0.25, -0.2) is 4.39 Å². The number of nitrogens with zero attached hydrogens (tertiary/aromatic N) is 1. The number of hydrogen-bond acceptors (Lipinski definition) is 3. The maximum Gasteiger partial charge on any atom is 0.141 e. The lowest BCUT2D eigenvalue weighted by atomic mass is 9.73. The van der Waals surface area contributed by atoms with Gasteiger partial charge in [0.05, 0.1) is 17.4 Å². The van der Waals surface area contributed by atoms with Crippen LogP contribution in [0.3, 0.4) is 0 Å². The van der Waals surface area contributed by atoms with E-state index in [1.807, 2.05) is 0 Å². The molecule has 2 aliphatic rings. The molecule has 3 rings (SSSR count). The zero-order valence-corrected chi connectivity index (χ0v) is 11.9. The molecule has 1 aliphatic carbocycles. The minimum atomic E-state index is -1.05. The monoisotopic (exact) mass is 279 g/mol. The number of halogens is 1. The molecule has 0 radical (unpaired) electrons. The summed E-state index contributed by atoms with van der Waals surface area (Å²) in [6.45, 7) is 2.46. The molecule has 3 nitrogen and oxygen atoms in total. The maximum absolute atomic E-state index is 13.4. The molecule has 0 bridgehead atoms. The number of rotatable bonds is 2. The number of aromatic nitrogens is 1. The molecule has 110 valence electrons. The van der Waals surface area contributed by atoms with Crippen LogP contribution in [-0.4, -0.2) is 22.3 Å². The Hall–Kier alpha value is -1.00.